The van der Waals surface area contributed by atoms with Gasteiger partial charge < -0.3 is 14.4 Å². The molecular weight excluding hydrogens is 594 g/mol. The fourth-order valence-electron chi connectivity index (χ4n) is 7.09. The van der Waals surface area contributed by atoms with Crippen LogP contribution in [0.4, 0.5) is 0 Å². The van der Waals surface area contributed by atoms with E-state index in [2.05, 4.69) is 62.2 Å². The summed E-state index contributed by atoms with van der Waals surface area (Å²) in [4.78, 5) is 19.5. The Hall–Kier alpha value is -1.40. The molecule has 0 aliphatic heterocycles. The minimum atomic E-state index is -0.293. The molecule has 1 heterocycles. The number of hydrogen-bond donors (Lipinski definition) is 1. The Kier molecular flexibility index (Phi) is 27.3. The number of carbonyl (C=O) groups is 1. The summed E-state index contributed by atoms with van der Waals surface area (Å²) in [6.45, 7) is 16.8. The third-order valence-corrected chi connectivity index (χ3v) is 10.2. The molecule has 3 atom stereocenters. The lowest BCUT2D eigenvalue weighted by Crippen LogP contribution is -2.49. The zero-order valence-electron chi connectivity index (χ0n) is 32.9. The van der Waals surface area contributed by atoms with Gasteiger partial charge in [0.15, 0.2) is 0 Å². The van der Waals surface area contributed by atoms with Crippen molar-refractivity contribution in [2.45, 2.75) is 214 Å². The molecule has 1 N–H and O–H groups in total. The quantitative estimate of drug-likeness (QED) is 0.0593. The van der Waals surface area contributed by atoms with Gasteiger partial charge in [0.05, 0.1) is 19.0 Å². The van der Waals surface area contributed by atoms with E-state index in [1.54, 1.807) is 0 Å². The first-order chi connectivity index (χ1) is 23.2. The average Bonchev–Trinajstić information content (AvgIpc) is 3.57. The summed E-state index contributed by atoms with van der Waals surface area (Å²) in [5.74, 6) is 0.487. The predicted molar refractivity (Wildman–Crippen MR) is 205 cm³/mol. The van der Waals surface area contributed by atoms with Gasteiger partial charge in [0.25, 0.3) is 0 Å². The van der Waals surface area contributed by atoms with E-state index >= 15 is 0 Å². The highest BCUT2D eigenvalue weighted by Crippen LogP contribution is 2.28. The minimum absolute atomic E-state index is 0.00156. The molecule has 1 aromatic heterocycles. The summed E-state index contributed by atoms with van der Waals surface area (Å²) in [5.41, 5.74) is 0.0698. The van der Waals surface area contributed by atoms with Gasteiger partial charge in [-0.3, -0.25) is 9.69 Å². The molecule has 6 nitrogen and oxygen atoms in total. The largest absolute Gasteiger partial charge is 0.466 e. The van der Waals surface area contributed by atoms with E-state index in [-0.39, 0.29) is 17.5 Å². The van der Waals surface area contributed by atoms with Crippen molar-refractivity contribution < 1.29 is 14.6 Å². The second-order valence-electron chi connectivity index (χ2n) is 16.0. The van der Waals surface area contributed by atoms with Crippen LogP contribution in [-0.2, 0) is 16.1 Å². The van der Waals surface area contributed by atoms with Crippen LogP contribution in [0.3, 0.4) is 0 Å². The molecule has 0 saturated carbocycles. The molecule has 1 aromatic rings. The van der Waals surface area contributed by atoms with Gasteiger partial charge in [-0.2, -0.15) is 0 Å². The van der Waals surface area contributed by atoms with Crippen molar-refractivity contribution in [3.8, 4) is 0 Å². The summed E-state index contributed by atoms with van der Waals surface area (Å²) in [6.07, 6.45) is 34.2. The van der Waals surface area contributed by atoms with Gasteiger partial charge in [-0.1, -0.05) is 157 Å². The van der Waals surface area contributed by atoms with E-state index in [9.17, 15) is 9.90 Å². The maximum Gasteiger partial charge on any atom is 0.306 e. The lowest BCUT2D eigenvalue weighted by molar-refractivity contribution is -0.145. The molecule has 0 aliphatic carbocycles. The van der Waals surface area contributed by atoms with Gasteiger partial charge in [0, 0.05) is 37.9 Å². The Balaban J connectivity index is 2.49. The maximum atomic E-state index is 12.6. The fourth-order valence-corrected chi connectivity index (χ4v) is 7.09. The molecule has 6 heteroatoms. The molecule has 0 aromatic carbocycles. The third kappa shape index (κ3) is 23.9. The average molecular weight is 676 g/mol. The number of rotatable bonds is 33. The second-order valence-corrected chi connectivity index (χ2v) is 16.0. The van der Waals surface area contributed by atoms with E-state index in [1.807, 2.05) is 12.5 Å². The molecule has 0 radical (unpaired) electrons. The Morgan fingerprint density at radius 1 is 0.750 bits per heavy atom. The van der Waals surface area contributed by atoms with Crippen molar-refractivity contribution in [1.82, 2.24) is 14.5 Å². The zero-order valence-corrected chi connectivity index (χ0v) is 32.9. The molecule has 48 heavy (non-hydrogen) atoms. The number of nitrogens with zero attached hydrogens (tertiary/aromatic N) is 3. The smallest absolute Gasteiger partial charge is 0.306 e. The Morgan fingerprint density at radius 3 is 1.90 bits per heavy atom. The summed E-state index contributed by atoms with van der Waals surface area (Å²) in [5, 5.41) is 11.2. The third-order valence-electron chi connectivity index (χ3n) is 10.2. The van der Waals surface area contributed by atoms with Crippen LogP contribution in [-0.4, -0.2) is 57.4 Å². The van der Waals surface area contributed by atoms with Crippen LogP contribution < -0.4 is 0 Å². The SMILES string of the molecule is CCCCCCCCCCCCC(O)CN(CCCCCCOC(=O)CC(CCCC)CCCCCC)C(Cn1ccnc1)C(C)(C)C. The minimum Gasteiger partial charge on any atom is -0.466 e. The monoisotopic (exact) mass is 676 g/mol. The lowest BCUT2D eigenvalue weighted by atomic mass is 9.85. The summed E-state index contributed by atoms with van der Waals surface area (Å²) < 4.78 is 7.88. The normalized spacial score (nSPS) is 14.0. The topological polar surface area (TPSA) is 67.6 Å². The van der Waals surface area contributed by atoms with Crippen LogP contribution in [0.2, 0.25) is 0 Å². The van der Waals surface area contributed by atoms with Crippen molar-refractivity contribution in [3.63, 3.8) is 0 Å². The first-order valence-corrected chi connectivity index (χ1v) is 20.7. The molecule has 282 valence electrons. The number of carbonyl (C=O) groups excluding carboxylic acids is 1. The molecule has 0 spiro atoms. The van der Waals surface area contributed by atoms with E-state index in [4.69, 9.17) is 4.74 Å². The van der Waals surface area contributed by atoms with Crippen molar-refractivity contribution >= 4 is 5.97 Å². The number of hydrogen-bond acceptors (Lipinski definition) is 5. The Morgan fingerprint density at radius 2 is 1.29 bits per heavy atom. The van der Waals surface area contributed by atoms with E-state index in [0.717, 1.165) is 71.0 Å². The maximum absolute atomic E-state index is 12.6. The van der Waals surface area contributed by atoms with E-state index in [1.165, 1.54) is 96.3 Å². The molecule has 3 unspecified atom stereocenters. The molecule has 0 bridgehead atoms. The number of aromatic nitrogens is 2. The van der Waals surface area contributed by atoms with Crippen LogP contribution in [0.15, 0.2) is 18.7 Å². The second kappa shape index (κ2) is 29.3. The van der Waals surface area contributed by atoms with Crippen LogP contribution in [0.25, 0.3) is 0 Å². The molecule has 0 fully saturated rings. The standard InChI is InChI=1S/C42H81N3O3/c1-7-10-13-15-16-17-18-19-20-24-29-39(46)35-45(40(42(4,5)6)36-44-32-30-43-37-44)31-25-21-22-26-33-48-41(47)34-38(27-12-9-3)28-23-14-11-8-2/h30,32,37-40,46H,7-29,31,33-36H2,1-6H3. The highest BCUT2D eigenvalue weighted by atomic mass is 16.5. The zero-order chi connectivity index (χ0) is 35.3. The fraction of sp³-hybridized carbons (Fsp3) is 0.905. The molecule has 0 amide bonds. The molecule has 0 aliphatic rings. The van der Waals surface area contributed by atoms with Gasteiger partial charge in [-0.05, 0) is 50.0 Å². The summed E-state index contributed by atoms with van der Waals surface area (Å²) in [6, 6.07) is 0.303. The van der Waals surface area contributed by atoms with Crippen LogP contribution >= 0.6 is 0 Å². The van der Waals surface area contributed by atoms with Gasteiger partial charge in [0.1, 0.15) is 0 Å². The van der Waals surface area contributed by atoms with Crippen molar-refractivity contribution in [2.24, 2.45) is 11.3 Å². The van der Waals surface area contributed by atoms with Gasteiger partial charge in [0.2, 0.25) is 0 Å². The van der Waals surface area contributed by atoms with Gasteiger partial charge in [-0.15, -0.1) is 0 Å². The van der Waals surface area contributed by atoms with Crippen molar-refractivity contribution in [2.75, 3.05) is 19.7 Å². The number of ether oxygens (including phenoxy) is 1. The van der Waals surface area contributed by atoms with E-state index in [0.29, 0.717) is 25.0 Å². The Bertz CT molecular complexity index is 838. The summed E-state index contributed by atoms with van der Waals surface area (Å²) in [7, 11) is 0. The number of aliphatic hydroxyl groups excluding tert-OH is 1. The van der Waals surface area contributed by atoms with Crippen LogP contribution in [0.1, 0.15) is 196 Å². The van der Waals surface area contributed by atoms with Crippen molar-refractivity contribution in [1.29, 1.82) is 0 Å². The van der Waals surface area contributed by atoms with Crippen LogP contribution in [0.5, 0.6) is 0 Å². The number of esters is 1. The molecular formula is C42H81N3O3. The molecule has 1 rings (SSSR count). The van der Waals surface area contributed by atoms with Crippen LogP contribution in [0, 0.1) is 11.3 Å². The van der Waals surface area contributed by atoms with Gasteiger partial charge in [-0.25, -0.2) is 4.98 Å². The van der Waals surface area contributed by atoms with E-state index < -0.39 is 0 Å². The van der Waals surface area contributed by atoms with Gasteiger partial charge >= 0.3 is 5.97 Å². The molecule has 0 saturated heterocycles. The highest BCUT2D eigenvalue weighted by Gasteiger charge is 2.31. The number of unbranched alkanes of at least 4 members (excludes halogenated alkanes) is 16. The highest BCUT2D eigenvalue weighted by molar-refractivity contribution is 5.69. The predicted octanol–water partition coefficient (Wildman–Crippen LogP) is 11.5. The van der Waals surface area contributed by atoms with Crippen molar-refractivity contribution in [3.05, 3.63) is 18.7 Å². The Labute approximate surface area is 298 Å². The lowest BCUT2D eigenvalue weighted by Gasteiger charge is -2.41. The number of imidazole rings is 1. The first-order valence-electron chi connectivity index (χ1n) is 20.7. The number of aliphatic hydroxyl groups is 1. The first kappa shape index (κ1) is 44.6. The summed E-state index contributed by atoms with van der Waals surface area (Å²) >= 11 is 0.